The van der Waals surface area contributed by atoms with Gasteiger partial charge in [-0.05, 0) is 63.1 Å². The van der Waals surface area contributed by atoms with Crippen LogP contribution in [-0.2, 0) is 4.79 Å². The minimum Gasteiger partial charge on any atom is -0.477 e. The van der Waals surface area contributed by atoms with Crippen molar-refractivity contribution in [2.75, 3.05) is 4.90 Å². The van der Waals surface area contributed by atoms with Crippen molar-refractivity contribution in [3.63, 3.8) is 0 Å². The average Bonchev–Trinajstić information content (AvgIpc) is 3.50. The van der Waals surface area contributed by atoms with Gasteiger partial charge in [-0.1, -0.05) is 26.0 Å². The summed E-state index contributed by atoms with van der Waals surface area (Å²) in [6, 6.07) is 7.67. The van der Waals surface area contributed by atoms with E-state index in [4.69, 9.17) is 0 Å². The van der Waals surface area contributed by atoms with Crippen LogP contribution in [0.4, 0.5) is 5.82 Å². The molecule has 8 heteroatoms. The van der Waals surface area contributed by atoms with Crippen molar-refractivity contribution in [1.82, 2.24) is 14.8 Å². The molecule has 4 rings (SSSR count). The number of nitrogens with zero attached hydrogens (tertiary/aromatic N) is 4. The second-order valence-electron chi connectivity index (χ2n) is 9.56. The number of carboxylic acid groups (broad SMARTS) is 1. The molecule has 1 N–H and O–H groups in total. The number of carbonyl (C=O) groups excluding carboxylic acids is 1. The second-order valence-corrected chi connectivity index (χ2v) is 10.5. The van der Waals surface area contributed by atoms with Gasteiger partial charge in [0.25, 0.3) is 0 Å². The Morgan fingerprint density at radius 3 is 2.35 bits per heavy atom. The van der Waals surface area contributed by atoms with Crippen molar-refractivity contribution in [3.05, 3.63) is 58.2 Å². The summed E-state index contributed by atoms with van der Waals surface area (Å²) in [5.41, 5.74) is 1.90. The van der Waals surface area contributed by atoms with E-state index < -0.39 is 5.97 Å². The van der Waals surface area contributed by atoms with E-state index in [1.165, 1.54) is 6.20 Å². The fraction of sp³-hybridized carbons (Fsp3) is 0.462. The predicted molar refractivity (Wildman–Crippen MR) is 134 cm³/mol. The molecule has 1 atom stereocenters. The van der Waals surface area contributed by atoms with Gasteiger partial charge < -0.3 is 5.11 Å². The number of carbonyl (C=O) groups is 2. The molecule has 1 aliphatic carbocycles. The highest BCUT2D eigenvalue weighted by Crippen LogP contribution is 2.33. The molecule has 1 aromatic carbocycles. The Morgan fingerprint density at radius 1 is 1.12 bits per heavy atom. The van der Waals surface area contributed by atoms with Crippen LogP contribution in [0.15, 0.2) is 42.0 Å². The summed E-state index contributed by atoms with van der Waals surface area (Å²) in [6.07, 6.45) is 7.03. The van der Waals surface area contributed by atoms with E-state index >= 15 is 0 Å². The van der Waals surface area contributed by atoms with Crippen molar-refractivity contribution in [3.8, 4) is 5.69 Å². The monoisotopic (exact) mass is 480 g/mol. The normalized spacial score (nSPS) is 19.2. The first kappa shape index (κ1) is 24.1. The van der Waals surface area contributed by atoms with E-state index in [0.29, 0.717) is 5.92 Å². The van der Waals surface area contributed by atoms with Gasteiger partial charge in [-0.15, -0.1) is 16.4 Å². The van der Waals surface area contributed by atoms with Crippen LogP contribution in [0.25, 0.3) is 5.69 Å². The van der Waals surface area contributed by atoms with Gasteiger partial charge in [0.2, 0.25) is 5.91 Å². The molecule has 1 fully saturated rings. The smallest absolute Gasteiger partial charge is 0.341 e. The number of aromatic carboxylic acids is 1. The lowest BCUT2D eigenvalue weighted by Gasteiger charge is -2.32. The molecule has 0 radical (unpaired) electrons. The third kappa shape index (κ3) is 4.92. The molecule has 34 heavy (non-hydrogen) atoms. The van der Waals surface area contributed by atoms with Crippen molar-refractivity contribution < 1.29 is 14.7 Å². The summed E-state index contributed by atoms with van der Waals surface area (Å²) < 4.78 is 1.56. The maximum Gasteiger partial charge on any atom is 0.341 e. The molecule has 1 unspecified atom stereocenters. The van der Waals surface area contributed by atoms with E-state index in [2.05, 4.69) is 23.9 Å². The maximum atomic E-state index is 13.5. The first-order valence-electron chi connectivity index (χ1n) is 11.9. The summed E-state index contributed by atoms with van der Waals surface area (Å²) in [5.74, 6) is -0.188. The maximum absolute atomic E-state index is 13.5. The minimum atomic E-state index is -1.09. The standard InChI is InChI=1S/C26H32N4O3S/c1-16(2)30(25(31)20-7-5-17(3)6-8-20)23-22(26(32)33)15-29(28-23)21-11-9-19(10-12-21)18(4)24-27-13-14-34-24/h9-18,20H,5-8H2,1-4H3,(H,32,33). The van der Waals surface area contributed by atoms with Crippen LogP contribution >= 0.6 is 11.3 Å². The summed E-state index contributed by atoms with van der Waals surface area (Å²) in [5, 5.41) is 17.5. The van der Waals surface area contributed by atoms with Gasteiger partial charge in [0.1, 0.15) is 5.56 Å². The Morgan fingerprint density at radius 2 is 1.79 bits per heavy atom. The highest BCUT2D eigenvalue weighted by Gasteiger charge is 2.34. The molecule has 0 aliphatic heterocycles. The third-order valence-corrected chi connectivity index (χ3v) is 7.71. The lowest BCUT2D eigenvalue weighted by molar-refractivity contribution is -0.123. The number of hydrogen-bond acceptors (Lipinski definition) is 5. The molecule has 1 amide bonds. The number of hydrogen-bond donors (Lipinski definition) is 1. The number of amides is 1. The van der Waals surface area contributed by atoms with E-state index in [1.807, 2.05) is 43.5 Å². The van der Waals surface area contributed by atoms with Gasteiger partial charge in [-0.25, -0.2) is 14.5 Å². The van der Waals surface area contributed by atoms with Crippen LogP contribution < -0.4 is 4.90 Å². The molecule has 0 saturated heterocycles. The Balaban J connectivity index is 1.64. The topological polar surface area (TPSA) is 88.3 Å². The molecule has 3 aromatic rings. The van der Waals surface area contributed by atoms with Gasteiger partial charge in [-0.2, -0.15) is 0 Å². The van der Waals surface area contributed by atoms with Crippen LogP contribution in [-0.4, -0.2) is 37.8 Å². The summed E-state index contributed by atoms with van der Waals surface area (Å²) in [6.45, 7) is 8.14. The van der Waals surface area contributed by atoms with Crippen molar-refractivity contribution >= 4 is 29.0 Å². The molecule has 0 bridgehead atoms. The Bertz CT molecular complexity index is 1130. The SMILES string of the molecule is CC1CCC(C(=O)N(c2nn(-c3ccc(C(C)c4nccs4)cc3)cc2C(=O)O)C(C)C)CC1. The van der Waals surface area contributed by atoms with Crippen LogP contribution in [0.1, 0.15) is 80.2 Å². The van der Waals surface area contributed by atoms with Crippen molar-refractivity contribution in [2.24, 2.45) is 11.8 Å². The van der Waals surface area contributed by atoms with Gasteiger partial charge >= 0.3 is 5.97 Å². The molecule has 1 saturated carbocycles. The van der Waals surface area contributed by atoms with Crippen molar-refractivity contribution in [1.29, 1.82) is 0 Å². The molecule has 0 spiro atoms. The molecule has 7 nitrogen and oxygen atoms in total. The minimum absolute atomic E-state index is 0.0257. The predicted octanol–water partition coefficient (Wildman–Crippen LogP) is 5.75. The summed E-state index contributed by atoms with van der Waals surface area (Å²) in [7, 11) is 0. The van der Waals surface area contributed by atoms with Crippen molar-refractivity contribution in [2.45, 2.75) is 65.3 Å². The van der Waals surface area contributed by atoms with Gasteiger partial charge in [0.15, 0.2) is 5.82 Å². The zero-order chi connectivity index (χ0) is 24.4. The number of anilines is 1. The van der Waals surface area contributed by atoms with Crippen LogP contribution in [0.2, 0.25) is 0 Å². The van der Waals surface area contributed by atoms with Gasteiger partial charge in [-0.3, -0.25) is 9.69 Å². The Kier molecular flexibility index (Phi) is 7.16. The number of benzene rings is 1. The summed E-state index contributed by atoms with van der Waals surface area (Å²) in [4.78, 5) is 31.6. The average molecular weight is 481 g/mol. The van der Waals surface area contributed by atoms with E-state index in [0.717, 1.165) is 41.9 Å². The number of aromatic nitrogens is 3. The van der Waals surface area contributed by atoms with E-state index in [1.54, 1.807) is 27.1 Å². The highest BCUT2D eigenvalue weighted by molar-refractivity contribution is 7.09. The highest BCUT2D eigenvalue weighted by atomic mass is 32.1. The van der Waals surface area contributed by atoms with Crippen LogP contribution in [0.5, 0.6) is 0 Å². The Labute approximate surface area is 204 Å². The zero-order valence-electron chi connectivity index (χ0n) is 20.1. The molecular weight excluding hydrogens is 448 g/mol. The number of rotatable bonds is 7. The van der Waals surface area contributed by atoms with Gasteiger partial charge in [0, 0.05) is 35.7 Å². The summed E-state index contributed by atoms with van der Waals surface area (Å²) >= 11 is 1.62. The Hall–Kier alpha value is -3.00. The quantitative estimate of drug-likeness (QED) is 0.465. The van der Waals surface area contributed by atoms with E-state index in [-0.39, 0.29) is 35.2 Å². The van der Waals surface area contributed by atoms with Gasteiger partial charge in [0.05, 0.1) is 10.7 Å². The molecule has 2 heterocycles. The van der Waals surface area contributed by atoms with E-state index in [9.17, 15) is 14.7 Å². The number of carboxylic acids is 1. The molecule has 1 aliphatic rings. The van der Waals surface area contributed by atoms with Crippen LogP contribution in [0.3, 0.4) is 0 Å². The van der Waals surface area contributed by atoms with Crippen LogP contribution in [0, 0.1) is 11.8 Å². The zero-order valence-corrected chi connectivity index (χ0v) is 21.0. The fourth-order valence-corrected chi connectivity index (χ4v) is 5.36. The molecule has 180 valence electrons. The molecular formula is C26H32N4O3S. The first-order valence-corrected chi connectivity index (χ1v) is 12.8. The number of thiazole rings is 1. The first-order chi connectivity index (χ1) is 16.3. The largest absolute Gasteiger partial charge is 0.477 e. The lowest BCUT2D eigenvalue weighted by Crippen LogP contribution is -2.43. The molecule has 2 aromatic heterocycles. The third-order valence-electron chi connectivity index (χ3n) is 6.75. The second kappa shape index (κ2) is 10.1. The lowest BCUT2D eigenvalue weighted by atomic mass is 9.82. The fourth-order valence-electron chi connectivity index (χ4n) is 4.64.